The quantitative estimate of drug-likeness (QED) is 0.00773. The molecule has 22 heteroatoms. The Kier molecular flexibility index (Phi) is 43.6. The first-order valence-corrected chi connectivity index (χ1v) is 26.1. The van der Waals surface area contributed by atoms with E-state index < -0.39 is 61.5 Å². The van der Waals surface area contributed by atoms with Gasteiger partial charge in [-0.1, -0.05) is 165 Å². The molecule has 0 aliphatic rings. The standard InChI is InChI=1S/C56H65N4O13P.4K/c57-36-18-6-17-31-51(61)59-49(55(65)70-40-45-24-11-3-12-25-45)32-34-52(62)58-48(54(64)69-39-44-22-9-2-10-23-44)30-19-37-72-74(67,73-42-47-28-15-5-16-29-47)60-50(56(66)71-41-46-26-13-4-14-27-46)33-35-53(63)68-38-43-20-7-1-8-21-43;;;;/h1-5,7-16,20-29,48-50,57H,6,17-19,30-42H2,(H2-,58,59,60,61,62,67);;;;/q-2;4*+1/p-2/t48-,49-,50-,74?;;;;/m0..../s1. The average Bonchev–Trinajstić information content (AvgIpc) is 3.43. The maximum Gasteiger partial charge on any atom is 1.00 e. The molecule has 0 fully saturated rings. The second-order valence-corrected chi connectivity index (χ2v) is 18.7. The van der Waals surface area contributed by atoms with Gasteiger partial charge in [0.15, 0.2) is 0 Å². The van der Waals surface area contributed by atoms with E-state index in [1.165, 1.54) is 0 Å². The van der Waals surface area contributed by atoms with Gasteiger partial charge in [-0.2, -0.15) is 6.54 Å². The number of ether oxygens (including phenoxy) is 4. The van der Waals surface area contributed by atoms with Gasteiger partial charge in [-0.05, 0) is 90.6 Å². The number of benzene rings is 5. The fraction of sp³-hybridized carbons (Fsp3) is 0.357. The van der Waals surface area contributed by atoms with Gasteiger partial charge in [0.2, 0.25) is 7.75 Å². The van der Waals surface area contributed by atoms with Gasteiger partial charge in [0.25, 0.3) is 5.97 Å². The molecule has 394 valence electrons. The van der Waals surface area contributed by atoms with Crippen LogP contribution in [-0.2, 0) is 84.8 Å². The molecule has 5 aromatic rings. The number of esters is 4. The van der Waals surface area contributed by atoms with Crippen molar-refractivity contribution in [3.05, 3.63) is 190 Å². The van der Waals surface area contributed by atoms with Gasteiger partial charge in [0.05, 0.1) is 13.2 Å². The molecule has 0 aliphatic carbocycles. The van der Waals surface area contributed by atoms with E-state index in [9.17, 15) is 34.0 Å². The first-order valence-electron chi connectivity index (χ1n) is 24.6. The molecule has 0 bridgehead atoms. The van der Waals surface area contributed by atoms with Gasteiger partial charge in [-0.25, -0.2) is 9.59 Å². The fourth-order valence-corrected chi connectivity index (χ4v) is 8.44. The van der Waals surface area contributed by atoms with Crippen LogP contribution in [0.4, 0.5) is 0 Å². The van der Waals surface area contributed by atoms with Crippen molar-refractivity contribution >= 4 is 43.4 Å². The van der Waals surface area contributed by atoms with Gasteiger partial charge in [0.1, 0.15) is 38.5 Å². The van der Waals surface area contributed by atoms with Crippen LogP contribution in [-0.4, -0.2) is 66.9 Å². The first kappa shape index (κ1) is 75.5. The Labute approximate surface area is 628 Å². The fourth-order valence-electron chi connectivity index (χ4n) is 7.01. The summed E-state index contributed by atoms with van der Waals surface area (Å²) < 4.78 is 48.5. The molecule has 0 spiro atoms. The van der Waals surface area contributed by atoms with Crippen LogP contribution < -0.4 is 216 Å². The summed E-state index contributed by atoms with van der Waals surface area (Å²) in [5, 5.41) is 30.7. The first-order chi connectivity index (χ1) is 36.0. The number of rotatable bonds is 34. The van der Waals surface area contributed by atoms with Gasteiger partial charge >= 0.3 is 223 Å². The van der Waals surface area contributed by atoms with Crippen LogP contribution >= 0.6 is 7.75 Å². The second-order valence-electron chi connectivity index (χ2n) is 17.0. The summed E-state index contributed by atoms with van der Waals surface area (Å²) in [6.07, 6.45) is 0.396. The van der Waals surface area contributed by atoms with E-state index in [1.807, 2.05) is 30.3 Å². The minimum atomic E-state index is -4.59. The third-order valence-electron chi connectivity index (χ3n) is 11.0. The smallest absolute Gasteiger partial charge is 0.862 e. The number of nitrogens with one attached hydrogen (secondary N) is 1. The summed E-state index contributed by atoms with van der Waals surface area (Å²) in [5.74, 6) is -4.50. The second kappa shape index (κ2) is 45.0. The predicted molar refractivity (Wildman–Crippen MR) is 275 cm³/mol. The van der Waals surface area contributed by atoms with Crippen LogP contribution in [0, 0.1) is 0 Å². The zero-order chi connectivity index (χ0) is 52.6. The van der Waals surface area contributed by atoms with E-state index in [2.05, 4.69) is 15.1 Å². The summed E-state index contributed by atoms with van der Waals surface area (Å²) in [4.78, 5) is 61.9. The number of aliphatic imine (C=N–C) groups is 2. The predicted octanol–water partition coefficient (Wildman–Crippen LogP) is -2.73. The van der Waals surface area contributed by atoms with Gasteiger partial charge in [-0.15, -0.1) is 0 Å². The molecule has 0 amide bonds. The van der Waals surface area contributed by atoms with Gasteiger partial charge < -0.3 is 49.0 Å². The molecule has 0 heterocycles. The molecule has 0 aliphatic heterocycles. The van der Waals surface area contributed by atoms with Crippen molar-refractivity contribution < 1.29 is 267 Å². The number of unbranched alkanes of at least 4 members (excludes halogenated alkanes) is 2. The minimum absolute atomic E-state index is 0. The molecule has 0 saturated carbocycles. The van der Waals surface area contributed by atoms with Crippen molar-refractivity contribution in [1.82, 2.24) is 0 Å². The normalized spacial score (nSPS) is 13.0. The molecule has 0 radical (unpaired) electrons. The van der Waals surface area contributed by atoms with E-state index in [1.54, 1.807) is 121 Å². The molecule has 1 unspecified atom stereocenters. The number of carbonyl (C=O) groups excluding carboxylic acids is 4. The third-order valence-corrected chi connectivity index (χ3v) is 12.6. The topological polar surface area (TPSA) is 249 Å². The maximum absolute atomic E-state index is 14.7. The molecule has 1 N–H and O–H groups in total. The van der Waals surface area contributed by atoms with Crippen LogP contribution in [0.25, 0.3) is 10.8 Å². The molecule has 0 saturated heterocycles. The van der Waals surface area contributed by atoms with Gasteiger partial charge in [0, 0.05) is 6.42 Å². The number of carbonyl (C=O) groups is 4. The summed E-state index contributed by atoms with van der Waals surface area (Å²) in [7, 11) is -4.59. The molecule has 0 aromatic heterocycles. The van der Waals surface area contributed by atoms with Crippen LogP contribution in [0.1, 0.15) is 92.0 Å². The average molecular weight is 1190 g/mol. The van der Waals surface area contributed by atoms with E-state index in [-0.39, 0.29) is 297 Å². The Hall–Kier alpha value is -0.465. The SMILES string of the molecule is [K+].[K+].[K+].[K+].[NH-]CCCCCC([O-])=N[C@@H](CCC([O-])=N[C@@H](CCCOP(=O)([N-][C@@H](CCC(=O)OCc1ccccc1)C(=O)OCc1ccccc1)OCc1ccccc1)C(=O)OCc1ccccc1)C(=O)OCc1ccccc1. The van der Waals surface area contributed by atoms with Crippen molar-refractivity contribution in [2.24, 2.45) is 9.98 Å². The Bertz CT molecular complexity index is 2560. The monoisotopic (exact) mass is 1190 g/mol. The van der Waals surface area contributed by atoms with E-state index in [0.29, 0.717) is 41.5 Å². The van der Waals surface area contributed by atoms with Crippen LogP contribution in [0.3, 0.4) is 0 Å². The van der Waals surface area contributed by atoms with Crippen LogP contribution in [0.15, 0.2) is 162 Å². The van der Waals surface area contributed by atoms with Crippen molar-refractivity contribution in [3.8, 4) is 0 Å². The molecule has 78 heavy (non-hydrogen) atoms. The Morgan fingerprint density at radius 1 is 0.462 bits per heavy atom. The van der Waals surface area contributed by atoms with E-state index in [4.69, 9.17) is 33.7 Å². The van der Waals surface area contributed by atoms with E-state index >= 15 is 0 Å². The largest absolute Gasteiger partial charge is 1.00 e. The van der Waals surface area contributed by atoms with Crippen LogP contribution in [0.2, 0.25) is 0 Å². The molecular formula is C56H63K4N4O13P. The van der Waals surface area contributed by atoms with Crippen molar-refractivity contribution in [1.29, 1.82) is 0 Å². The molecule has 5 aromatic carbocycles. The Balaban J connectivity index is 0.00000760. The summed E-state index contributed by atoms with van der Waals surface area (Å²) in [6.45, 7) is -0.734. The van der Waals surface area contributed by atoms with Crippen molar-refractivity contribution in [2.75, 3.05) is 13.2 Å². The maximum atomic E-state index is 14.7. The van der Waals surface area contributed by atoms with E-state index in [0.717, 1.165) is 5.56 Å². The molecule has 4 atom stereocenters. The number of hydrogen-bond acceptors (Lipinski definition) is 15. The minimum Gasteiger partial charge on any atom is -0.862 e. The number of hydrogen-bond donors (Lipinski definition) is 0. The molecular weight excluding hydrogens is 1120 g/mol. The Morgan fingerprint density at radius 2 is 0.859 bits per heavy atom. The van der Waals surface area contributed by atoms with Gasteiger partial charge in [-0.3, -0.25) is 24.1 Å². The molecule has 5 rings (SSSR count). The summed E-state index contributed by atoms with van der Waals surface area (Å²) in [6, 6.07) is 40.2. The zero-order valence-electron chi connectivity index (χ0n) is 45.3. The molecule has 17 nitrogen and oxygen atoms in total. The summed E-state index contributed by atoms with van der Waals surface area (Å²) >= 11 is 0. The Morgan fingerprint density at radius 3 is 1.31 bits per heavy atom. The summed E-state index contributed by atoms with van der Waals surface area (Å²) in [5.41, 5.74) is 10.8. The van der Waals surface area contributed by atoms with Crippen molar-refractivity contribution in [2.45, 2.75) is 115 Å². The third kappa shape index (κ3) is 32.0. The number of nitrogens with zero attached hydrogens (tertiary/aromatic N) is 3. The zero-order valence-corrected chi connectivity index (χ0v) is 58.7. The van der Waals surface area contributed by atoms with Crippen LogP contribution in [0.5, 0.6) is 0 Å². The van der Waals surface area contributed by atoms with Crippen molar-refractivity contribution in [3.63, 3.8) is 0 Å².